The van der Waals surface area contributed by atoms with Crippen LogP contribution in [0.3, 0.4) is 0 Å². The second-order valence-corrected chi connectivity index (χ2v) is 5.87. The Labute approximate surface area is 124 Å². The number of hydrogen-bond acceptors (Lipinski definition) is 0. The quantitative estimate of drug-likeness (QED) is 0.553. The van der Waals surface area contributed by atoms with E-state index in [1.165, 1.54) is 49.7 Å². The van der Waals surface area contributed by atoms with Crippen molar-refractivity contribution in [2.24, 2.45) is 0 Å². The van der Waals surface area contributed by atoms with E-state index >= 15 is 0 Å². The van der Waals surface area contributed by atoms with E-state index in [1.54, 1.807) is 11.1 Å². The molecule has 0 aliphatic heterocycles. The van der Waals surface area contributed by atoms with Gasteiger partial charge in [0.15, 0.2) is 0 Å². The van der Waals surface area contributed by atoms with Gasteiger partial charge in [-0.3, -0.25) is 0 Å². The summed E-state index contributed by atoms with van der Waals surface area (Å²) >= 11 is 0. The van der Waals surface area contributed by atoms with Crippen LogP contribution in [0.5, 0.6) is 0 Å². The summed E-state index contributed by atoms with van der Waals surface area (Å²) in [6.45, 7) is 4.54. The summed E-state index contributed by atoms with van der Waals surface area (Å²) in [7, 11) is 0. The van der Waals surface area contributed by atoms with Gasteiger partial charge in [0.2, 0.25) is 0 Å². The lowest BCUT2D eigenvalue weighted by Gasteiger charge is -2.22. The molecule has 0 unspecified atom stereocenters. The summed E-state index contributed by atoms with van der Waals surface area (Å²) in [6, 6.07) is 8.94. The lowest BCUT2D eigenvalue weighted by atomic mass is 9.83. The molecule has 0 amide bonds. The number of fused-ring (bicyclic) bond motifs is 1. The molecule has 0 radical (unpaired) electrons. The fraction of sp³-hybridized carbons (Fsp3) is 0.500. The average Bonchev–Trinajstić information content (AvgIpc) is 2.48. The summed E-state index contributed by atoms with van der Waals surface area (Å²) < 4.78 is 0. The third kappa shape index (κ3) is 4.10. The van der Waals surface area contributed by atoms with E-state index in [1.807, 2.05) is 0 Å². The molecule has 0 atom stereocenters. The molecular formula is C20H28. The molecule has 0 heterocycles. The minimum absolute atomic E-state index is 1.14. The van der Waals surface area contributed by atoms with E-state index in [2.05, 4.69) is 50.3 Å². The van der Waals surface area contributed by atoms with Crippen molar-refractivity contribution in [2.75, 3.05) is 0 Å². The van der Waals surface area contributed by atoms with E-state index in [-0.39, 0.29) is 0 Å². The normalized spacial score (nSPS) is 18.5. The minimum Gasteiger partial charge on any atom is -0.0807 e. The third-order valence-electron chi connectivity index (χ3n) is 4.19. The first-order valence-electron chi connectivity index (χ1n) is 8.30. The Kier molecular flexibility index (Phi) is 6.11. The van der Waals surface area contributed by atoms with Crippen LogP contribution in [-0.4, -0.2) is 0 Å². The lowest BCUT2D eigenvalue weighted by Crippen LogP contribution is -2.09. The molecule has 0 N–H and O–H groups in total. The highest BCUT2D eigenvalue weighted by Gasteiger charge is 2.16. The smallest absolute Gasteiger partial charge is 0.00234 e. The minimum atomic E-state index is 1.14. The highest BCUT2D eigenvalue weighted by molar-refractivity contribution is 5.47. The van der Waals surface area contributed by atoms with Gasteiger partial charge in [0.05, 0.1) is 0 Å². The Morgan fingerprint density at radius 1 is 0.800 bits per heavy atom. The zero-order valence-electron chi connectivity index (χ0n) is 13.1. The van der Waals surface area contributed by atoms with Crippen LogP contribution >= 0.6 is 0 Å². The van der Waals surface area contributed by atoms with E-state index in [0.29, 0.717) is 0 Å². The largest absolute Gasteiger partial charge is 0.0807 e. The average molecular weight is 268 g/mol. The van der Waals surface area contributed by atoms with Crippen LogP contribution in [0.15, 0.2) is 47.6 Å². The van der Waals surface area contributed by atoms with Crippen LogP contribution in [0.4, 0.5) is 0 Å². The monoisotopic (exact) mass is 268 g/mol. The number of rotatable bonds is 6. The predicted octanol–water partition coefficient (Wildman–Crippen LogP) is 6.02. The van der Waals surface area contributed by atoms with Crippen LogP contribution in [0.2, 0.25) is 0 Å². The van der Waals surface area contributed by atoms with Crippen molar-refractivity contribution in [3.63, 3.8) is 0 Å². The van der Waals surface area contributed by atoms with Crippen molar-refractivity contribution in [2.45, 2.75) is 65.2 Å². The molecule has 0 nitrogen and oxygen atoms in total. The first kappa shape index (κ1) is 15.1. The molecule has 1 aliphatic carbocycles. The Bertz CT molecular complexity index is 432. The number of hydrogen-bond donors (Lipinski definition) is 0. The molecule has 0 heteroatoms. The molecule has 1 aromatic carbocycles. The zero-order chi connectivity index (χ0) is 14.2. The van der Waals surface area contributed by atoms with Gasteiger partial charge in [-0.05, 0) is 48.0 Å². The summed E-state index contributed by atoms with van der Waals surface area (Å²) in [5.41, 5.74) is 6.24. The van der Waals surface area contributed by atoms with Gasteiger partial charge in [-0.25, -0.2) is 0 Å². The molecule has 0 saturated carbocycles. The van der Waals surface area contributed by atoms with Crippen molar-refractivity contribution in [3.8, 4) is 0 Å². The number of benzene rings is 1. The Morgan fingerprint density at radius 3 is 1.65 bits per heavy atom. The maximum absolute atomic E-state index is 2.50. The maximum atomic E-state index is 2.50. The van der Waals surface area contributed by atoms with Crippen molar-refractivity contribution in [1.29, 1.82) is 0 Å². The molecule has 1 aromatic rings. The second kappa shape index (κ2) is 8.09. The van der Waals surface area contributed by atoms with Crippen LogP contribution in [0, 0.1) is 0 Å². The Balaban J connectivity index is 2.17. The van der Waals surface area contributed by atoms with Gasteiger partial charge >= 0.3 is 0 Å². The Morgan fingerprint density at radius 2 is 1.25 bits per heavy atom. The van der Waals surface area contributed by atoms with E-state index in [4.69, 9.17) is 0 Å². The van der Waals surface area contributed by atoms with Gasteiger partial charge in [-0.1, -0.05) is 75.9 Å². The molecule has 0 bridgehead atoms. The zero-order valence-corrected chi connectivity index (χ0v) is 13.1. The fourth-order valence-corrected chi connectivity index (χ4v) is 2.91. The molecule has 0 spiro atoms. The van der Waals surface area contributed by atoms with Crippen molar-refractivity contribution < 1.29 is 0 Å². The van der Waals surface area contributed by atoms with Crippen LogP contribution < -0.4 is 0 Å². The summed E-state index contributed by atoms with van der Waals surface area (Å²) in [5, 5.41) is 0. The summed E-state index contributed by atoms with van der Waals surface area (Å²) in [4.78, 5) is 0. The van der Waals surface area contributed by atoms with Crippen molar-refractivity contribution in [3.05, 3.63) is 58.7 Å². The van der Waals surface area contributed by atoms with E-state index in [9.17, 15) is 0 Å². The van der Waals surface area contributed by atoms with Gasteiger partial charge in [-0.2, -0.15) is 0 Å². The van der Waals surface area contributed by atoms with E-state index in [0.717, 1.165) is 12.8 Å². The van der Waals surface area contributed by atoms with E-state index < -0.39 is 0 Å². The molecule has 2 rings (SSSR count). The topological polar surface area (TPSA) is 0 Å². The molecule has 0 fully saturated rings. The first-order chi connectivity index (χ1) is 9.85. The third-order valence-corrected chi connectivity index (χ3v) is 4.19. The molecule has 1 aliphatic rings. The highest BCUT2D eigenvalue weighted by atomic mass is 14.2. The first-order valence-corrected chi connectivity index (χ1v) is 8.30. The fourth-order valence-electron chi connectivity index (χ4n) is 2.91. The number of allylic oxidation sites excluding steroid dienone is 4. The van der Waals surface area contributed by atoms with Crippen molar-refractivity contribution >= 4 is 0 Å². The van der Waals surface area contributed by atoms with Gasteiger partial charge in [0.1, 0.15) is 0 Å². The summed E-state index contributed by atoms with van der Waals surface area (Å²) in [6.07, 6.45) is 14.9. The van der Waals surface area contributed by atoms with Gasteiger partial charge in [0.25, 0.3) is 0 Å². The van der Waals surface area contributed by atoms with Crippen LogP contribution in [-0.2, 0) is 12.8 Å². The van der Waals surface area contributed by atoms with Gasteiger partial charge in [-0.15, -0.1) is 0 Å². The van der Waals surface area contributed by atoms with Gasteiger partial charge in [0, 0.05) is 0 Å². The predicted molar refractivity (Wildman–Crippen MR) is 89.1 cm³/mol. The Hall–Kier alpha value is -1.30. The molecule has 0 aromatic heterocycles. The standard InChI is InChI=1S/C20H28/c1-3-5-7-11-17-15-19-13-9-10-14-20(19)16-18(17)12-8-6-4-2/h9-14H,3-8,15-16H2,1-2H3/b17-11+,18-12+. The van der Waals surface area contributed by atoms with Gasteiger partial charge < -0.3 is 0 Å². The maximum Gasteiger partial charge on any atom is -0.00234 e. The van der Waals surface area contributed by atoms with Crippen LogP contribution in [0.25, 0.3) is 0 Å². The molecular weight excluding hydrogens is 240 g/mol. The molecule has 108 valence electrons. The summed E-state index contributed by atoms with van der Waals surface area (Å²) in [5.74, 6) is 0. The van der Waals surface area contributed by atoms with Crippen molar-refractivity contribution in [1.82, 2.24) is 0 Å². The van der Waals surface area contributed by atoms with Crippen LogP contribution in [0.1, 0.15) is 63.5 Å². The lowest BCUT2D eigenvalue weighted by molar-refractivity contribution is 0.796. The molecule has 0 saturated heterocycles. The SMILES string of the molecule is CCCC/C=C1\Cc2ccccc2C\C1=C/CCCC. The highest BCUT2D eigenvalue weighted by Crippen LogP contribution is 2.30. The second-order valence-electron chi connectivity index (χ2n) is 5.87. The molecule has 20 heavy (non-hydrogen) atoms. The number of unbranched alkanes of at least 4 members (excludes halogenated alkanes) is 4.